The van der Waals surface area contributed by atoms with E-state index >= 15 is 0 Å². The monoisotopic (exact) mass is 298 g/mol. The van der Waals surface area contributed by atoms with Crippen LogP contribution in [0.4, 0.5) is 0 Å². The van der Waals surface area contributed by atoms with Crippen LogP contribution in [0, 0.1) is 0 Å². The van der Waals surface area contributed by atoms with Gasteiger partial charge in [0.1, 0.15) is 5.54 Å². The summed E-state index contributed by atoms with van der Waals surface area (Å²) in [6, 6.07) is 7.70. The number of hydrogen-bond donors (Lipinski definition) is 2. The SMILES string of the molecule is CCC1(c2cccc(Br)c2)NC(=S)NC1=O. The second-order valence-electron chi connectivity index (χ2n) is 3.68. The molecule has 0 aliphatic carbocycles. The van der Waals surface area contributed by atoms with Crippen LogP contribution in [0.15, 0.2) is 28.7 Å². The van der Waals surface area contributed by atoms with E-state index in [0.29, 0.717) is 11.5 Å². The van der Waals surface area contributed by atoms with E-state index in [4.69, 9.17) is 12.2 Å². The van der Waals surface area contributed by atoms with E-state index in [1.165, 1.54) is 0 Å². The summed E-state index contributed by atoms with van der Waals surface area (Å²) in [6.45, 7) is 1.96. The number of benzene rings is 1. The Balaban J connectivity index is 2.50. The summed E-state index contributed by atoms with van der Waals surface area (Å²) in [7, 11) is 0. The molecule has 1 atom stereocenters. The molecular weight excluding hydrogens is 288 g/mol. The van der Waals surface area contributed by atoms with Gasteiger partial charge < -0.3 is 10.6 Å². The van der Waals surface area contributed by atoms with E-state index in [1.54, 1.807) is 0 Å². The largest absolute Gasteiger partial charge is 0.344 e. The van der Waals surface area contributed by atoms with Gasteiger partial charge in [-0.25, -0.2) is 0 Å². The van der Waals surface area contributed by atoms with Crippen molar-refractivity contribution < 1.29 is 4.79 Å². The average molecular weight is 299 g/mol. The van der Waals surface area contributed by atoms with Crippen LogP contribution in [0.2, 0.25) is 0 Å². The van der Waals surface area contributed by atoms with Gasteiger partial charge >= 0.3 is 0 Å². The predicted molar refractivity (Wildman–Crippen MR) is 70.0 cm³/mol. The maximum absolute atomic E-state index is 12.0. The number of halogens is 1. The van der Waals surface area contributed by atoms with Crippen molar-refractivity contribution in [2.75, 3.05) is 0 Å². The van der Waals surface area contributed by atoms with Gasteiger partial charge in [-0.2, -0.15) is 0 Å². The number of carbonyl (C=O) groups is 1. The predicted octanol–water partition coefficient (Wildman–Crippen LogP) is 2.06. The first-order valence-electron chi connectivity index (χ1n) is 4.98. The Bertz CT molecular complexity index is 463. The number of carbonyl (C=O) groups excluding carboxylic acids is 1. The molecule has 84 valence electrons. The van der Waals surface area contributed by atoms with Crippen LogP contribution in [0.3, 0.4) is 0 Å². The fourth-order valence-electron chi connectivity index (χ4n) is 1.90. The molecule has 1 unspecified atom stereocenters. The van der Waals surface area contributed by atoms with Gasteiger partial charge in [-0.05, 0) is 36.3 Å². The summed E-state index contributed by atoms with van der Waals surface area (Å²) in [5.74, 6) is -0.0851. The quantitative estimate of drug-likeness (QED) is 0.821. The van der Waals surface area contributed by atoms with Gasteiger partial charge in [-0.1, -0.05) is 35.0 Å². The molecule has 1 fully saturated rings. The van der Waals surface area contributed by atoms with E-state index in [2.05, 4.69) is 26.6 Å². The van der Waals surface area contributed by atoms with Crippen molar-refractivity contribution in [3.63, 3.8) is 0 Å². The maximum atomic E-state index is 12.0. The van der Waals surface area contributed by atoms with Gasteiger partial charge in [0.15, 0.2) is 5.11 Å². The minimum absolute atomic E-state index is 0.0851. The summed E-state index contributed by atoms with van der Waals surface area (Å²) in [6.07, 6.45) is 0.648. The number of rotatable bonds is 2. The van der Waals surface area contributed by atoms with Crippen LogP contribution in [-0.4, -0.2) is 11.0 Å². The van der Waals surface area contributed by atoms with Crippen molar-refractivity contribution in [2.45, 2.75) is 18.9 Å². The molecule has 0 bridgehead atoms. The minimum Gasteiger partial charge on any atom is -0.344 e. The molecule has 5 heteroatoms. The lowest BCUT2D eigenvalue weighted by atomic mass is 9.87. The molecule has 3 nitrogen and oxygen atoms in total. The second-order valence-corrected chi connectivity index (χ2v) is 5.00. The molecule has 1 aromatic carbocycles. The van der Waals surface area contributed by atoms with E-state index < -0.39 is 5.54 Å². The van der Waals surface area contributed by atoms with Crippen molar-refractivity contribution >= 4 is 39.2 Å². The van der Waals surface area contributed by atoms with Crippen molar-refractivity contribution in [1.82, 2.24) is 10.6 Å². The van der Waals surface area contributed by atoms with Crippen molar-refractivity contribution in [2.24, 2.45) is 0 Å². The zero-order valence-corrected chi connectivity index (χ0v) is 11.1. The Hall–Kier alpha value is -0.940. The molecule has 0 radical (unpaired) electrons. The highest BCUT2D eigenvalue weighted by atomic mass is 79.9. The first-order valence-corrected chi connectivity index (χ1v) is 6.18. The van der Waals surface area contributed by atoms with Crippen LogP contribution >= 0.6 is 28.1 Å². The van der Waals surface area contributed by atoms with Crippen molar-refractivity contribution in [1.29, 1.82) is 0 Å². The van der Waals surface area contributed by atoms with Crippen molar-refractivity contribution in [3.8, 4) is 0 Å². The Morgan fingerprint density at radius 3 is 2.75 bits per heavy atom. The molecule has 1 heterocycles. The normalized spacial score (nSPS) is 24.1. The fourth-order valence-corrected chi connectivity index (χ4v) is 2.57. The number of hydrogen-bond acceptors (Lipinski definition) is 2. The molecular formula is C11H11BrN2OS. The summed E-state index contributed by atoms with van der Waals surface area (Å²) in [4.78, 5) is 12.0. The zero-order valence-electron chi connectivity index (χ0n) is 8.71. The van der Waals surface area contributed by atoms with Crippen LogP contribution in [0.5, 0.6) is 0 Å². The third-order valence-electron chi connectivity index (χ3n) is 2.79. The van der Waals surface area contributed by atoms with Gasteiger partial charge in [0.25, 0.3) is 5.91 Å². The van der Waals surface area contributed by atoms with Crippen LogP contribution in [-0.2, 0) is 10.3 Å². The van der Waals surface area contributed by atoms with Crippen LogP contribution < -0.4 is 10.6 Å². The van der Waals surface area contributed by atoms with E-state index in [9.17, 15) is 4.79 Å². The van der Waals surface area contributed by atoms with E-state index in [1.807, 2.05) is 31.2 Å². The molecule has 0 saturated carbocycles. The van der Waals surface area contributed by atoms with Gasteiger partial charge in [-0.15, -0.1) is 0 Å². The highest BCUT2D eigenvalue weighted by Crippen LogP contribution is 2.30. The lowest BCUT2D eigenvalue weighted by Gasteiger charge is -2.25. The highest BCUT2D eigenvalue weighted by molar-refractivity contribution is 9.10. The first kappa shape index (κ1) is 11.5. The first-order chi connectivity index (χ1) is 7.58. The average Bonchev–Trinajstić information content (AvgIpc) is 2.54. The molecule has 1 amide bonds. The number of amides is 1. The molecule has 0 spiro atoms. The van der Waals surface area contributed by atoms with Crippen LogP contribution in [0.1, 0.15) is 18.9 Å². The van der Waals surface area contributed by atoms with Gasteiger partial charge in [0.2, 0.25) is 0 Å². The van der Waals surface area contributed by atoms with Crippen LogP contribution in [0.25, 0.3) is 0 Å². The molecule has 1 aliphatic rings. The molecule has 0 aromatic heterocycles. The Morgan fingerprint density at radius 1 is 1.50 bits per heavy atom. The molecule has 1 aromatic rings. The van der Waals surface area contributed by atoms with Gasteiger partial charge in [0.05, 0.1) is 0 Å². The second kappa shape index (κ2) is 4.14. The maximum Gasteiger partial charge on any atom is 0.256 e. The van der Waals surface area contributed by atoms with E-state index in [-0.39, 0.29) is 5.91 Å². The van der Waals surface area contributed by atoms with Crippen molar-refractivity contribution in [3.05, 3.63) is 34.3 Å². The molecule has 2 N–H and O–H groups in total. The summed E-state index contributed by atoms with van der Waals surface area (Å²) in [5.41, 5.74) is 0.197. The molecule has 16 heavy (non-hydrogen) atoms. The number of nitrogens with one attached hydrogen (secondary N) is 2. The Kier molecular flexibility index (Phi) is 2.99. The molecule has 2 rings (SSSR count). The summed E-state index contributed by atoms with van der Waals surface area (Å²) in [5, 5.41) is 6.10. The topological polar surface area (TPSA) is 41.1 Å². The van der Waals surface area contributed by atoms with Gasteiger partial charge in [-0.3, -0.25) is 4.79 Å². The zero-order chi connectivity index (χ0) is 11.8. The van der Waals surface area contributed by atoms with Gasteiger partial charge in [0, 0.05) is 4.47 Å². The third-order valence-corrected chi connectivity index (χ3v) is 3.49. The lowest BCUT2D eigenvalue weighted by molar-refractivity contribution is -0.124. The fraction of sp³-hybridized carbons (Fsp3) is 0.273. The minimum atomic E-state index is -0.721. The standard InChI is InChI=1S/C11H11BrN2OS/c1-2-11(9(15)13-10(16)14-11)7-4-3-5-8(12)6-7/h3-6H,2H2,1H3,(H2,13,14,15,16). The molecule has 1 saturated heterocycles. The number of thiocarbonyl (C=S) groups is 1. The smallest absolute Gasteiger partial charge is 0.256 e. The summed E-state index contributed by atoms with van der Waals surface area (Å²) >= 11 is 8.39. The lowest BCUT2D eigenvalue weighted by Crippen LogP contribution is -2.43. The summed E-state index contributed by atoms with van der Waals surface area (Å²) < 4.78 is 0.949. The highest BCUT2D eigenvalue weighted by Gasteiger charge is 2.44. The Morgan fingerprint density at radius 2 is 2.25 bits per heavy atom. The third kappa shape index (κ3) is 1.74. The van der Waals surface area contributed by atoms with E-state index in [0.717, 1.165) is 10.0 Å². The molecule has 1 aliphatic heterocycles. The Labute approximate surface area is 108 Å².